The fourth-order valence-corrected chi connectivity index (χ4v) is 9.49. The number of fused-ring (bicyclic) bond motifs is 1. The number of methoxy groups -OCH3 is 1. The van der Waals surface area contributed by atoms with E-state index in [1.54, 1.807) is 27.9 Å². The summed E-state index contributed by atoms with van der Waals surface area (Å²) in [5.41, 5.74) is 1.59. The van der Waals surface area contributed by atoms with Crippen LogP contribution in [0.1, 0.15) is 79.0 Å². The topological polar surface area (TPSA) is 94.5 Å². The quantitative estimate of drug-likeness (QED) is 0.500. The summed E-state index contributed by atoms with van der Waals surface area (Å²) in [6.07, 6.45) is -0.617. The Balaban J connectivity index is 2.59. The second-order valence-electron chi connectivity index (χ2n) is 12.4. The molecule has 1 N–H and O–H groups in total. The van der Waals surface area contributed by atoms with Gasteiger partial charge in [0.05, 0.1) is 13.7 Å². The molecule has 2 rings (SSSR count). The maximum Gasteiger partial charge on any atom is 0.410 e. The molecule has 1 amide bonds. The van der Waals surface area contributed by atoms with Crippen molar-refractivity contribution in [1.82, 2.24) is 4.90 Å². The van der Waals surface area contributed by atoms with Gasteiger partial charge >= 0.3 is 20.6 Å². The van der Waals surface area contributed by atoms with Gasteiger partial charge in [-0.3, -0.25) is 4.90 Å². The third kappa shape index (κ3) is 5.77. The van der Waals surface area contributed by atoms with Crippen LogP contribution in [-0.2, 0) is 27.0 Å². The third-order valence-corrected chi connectivity index (χ3v) is 11.3. The van der Waals surface area contributed by atoms with Gasteiger partial charge < -0.3 is 23.4 Å². The summed E-state index contributed by atoms with van der Waals surface area (Å²) >= 11 is 0. The zero-order chi connectivity index (χ0) is 27.1. The first kappa shape index (κ1) is 29.0. The Labute approximate surface area is 211 Å². The molecule has 0 radical (unpaired) electrons. The molecule has 198 valence electrons. The minimum absolute atomic E-state index is 0.0740. The number of benzene rings is 1. The molecule has 0 bridgehead atoms. The fourth-order valence-electron chi connectivity index (χ4n) is 4.85. The van der Waals surface area contributed by atoms with Gasteiger partial charge in [0, 0.05) is 29.1 Å². The first-order valence-electron chi connectivity index (χ1n) is 12.0. The molecule has 1 aromatic carbocycles. The number of ether oxygens (including phenoxy) is 2. The highest BCUT2D eigenvalue weighted by atomic mass is 28.4. The molecule has 0 fully saturated rings. The van der Waals surface area contributed by atoms with E-state index in [-0.39, 0.29) is 23.1 Å². The molecule has 0 spiro atoms. The van der Waals surface area contributed by atoms with Crippen LogP contribution in [0.4, 0.5) is 4.79 Å². The Morgan fingerprint density at radius 1 is 1.11 bits per heavy atom. The van der Waals surface area contributed by atoms with Crippen LogP contribution < -0.4 is 9.16 Å². The summed E-state index contributed by atoms with van der Waals surface area (Å²) in [5, 5.41) is 9.52. The highest BCUT2D eigenvalue weighted by Gasteiger charge is 2.62. The molecule has 1 heterocycles. The van der Waals surface area contributed by atoms with Crippen LogP contribution in [0.15, 0.2) is 6.07 Å². The Kier molecular flexibility index (Phi) is 7.99. The van der Waals surface area contributed by atoms with Crippen LogP contribution in [0.2, 0.25) is 10.1 Å². The summed E-state index contributed by atoms with van der Waals surface area (Å²) in [6, 6.07) is 0.766. The zero-order valence-corrected chi connectivity index (χ0v) is 24.4. The van der Waals surface area contributed by atoms with E-state index in [0.717, 1.165) is 21.6 Å². The molecule has 0 saturated heterocycles. The molecule has 35 heavy (non-hydrogen) atoms. The molecule has 1 aromatic rings. The average Bonchev–Trinajstić information content (AvgIpc) is 2.67. The van der Waals surface area contributed by atoms with Crippen LogP contribution >= 0.6 is 0 Å². The number of hydrogen-bond donors (Lipinski definition) is 1. The van der Waals surface area contributed by atoms with Crippen molar-refractivity contribution in [3.05, 3.63) is 22.8 Å². The standard InChI is InChI=1S/C26H43NO7Si/c1-16-13-17(14-19(22(28)29)27(11)23(30)33-24(2,3)4)18-15-32-35(25(5,6)7,26(8,9)10)34-21(18)20(16)31-12/h13,19H,14-15H2,1-12H3,(H,28,29)/t19-/m0/s1. The molecule has 0 aromatic heterocycles. The smallest absolute Gasteiger partial charge is 0.410 e. The summed E-state index contributed by atoms with van der Waals surface area (Å²) < 4.78 is 24.6. The van der Waals surface area contributed by atoms with Crippen molar-refractivity contribution in [3.8, 4) is 11.5 Å². The molecule has 0 aliphatic carbocycles. The number of amides is 1. The van der Waals surface area contributed by atoms with E-state index in [1.807, 2.05) is 13.0 Å². The van der Waals surface area contributed by atoms with E-state index in [1.165, 1.54) is 7.05 Å². The zero-order valence-electron chi connectivity index (χ0n) is 23.4. The molecule has 9 heteroatoms. The third-order valence-electron chi connectivity index (χ3n) is 6.31. The lowest BCUT2D eigenvalue weighted by molar-refractivity contribution is -0.142. The van der Waals surface area contributed by atoms with Gasteiger partial charge in [0.2, 0.25) is 0 Å². The molecule has 1 aliphatic heterocycles. The number of carbonyl (C=O) groups is 2. The van der Waals surface area contributed by atoms with Crippen molar-refractivity contribution < 1.29 is 33.0 Å². The second-order valence-corrected chi connectivity index (χ2v) is 17.1. The Morgan fingerprint density at radius 3 is 2.09 bits per heavy atom. The number of carboxylic acid groups (broad SMARTS) is 1. The van der Waals surface area contributed by atoms with Gasteiger partial charge in [-0.2, -0.15) is 0 Å². The number of nitrogens with zero attached hydrogens (tertiary/aromatic N) is 1. The number of aliphatic carboxylic acids is 1. The highest BCUT2D eigenvalue weighted by molar-refractivity contribution is 6.74. The highest BCUT2D eigenvalue weighted by Crippen LogP contribution is 2.56. The van der Waals surface area contributed by atoms with Crippen molar-refractivity contribution in [2.45, 2.75) is 104 Å². The number of hydrogen-bond acceptors (Lipinski definition) is 6. The number of likely N-dealkylation sites (N-methyl/N-ethyl adjacent to an activating group) is 1. The van der Waals surface area contributed by atoms with E-state index < -0.39 is 32.3 Å². The van der Waals surface area contributed by atoms with E-state index in [9.17, 15) is 14.7 Å². The van der Waals surface area contributed by atoms with Gasteiger partial charge in [0.25, 0.3) is 0 Å². The normalized spacial score (nSPS) is 16.6. The Morgan fingerprint density at radius 2 is 1.66 bits per heavy atom. The first-order chi connectivity index (χ1) is 15.8. The Bertz CT molecular complexity index is 956. The van der Waals surface area contributed by atoms with Crippen molar-refractivity contribution >= 4 is 20.6 Å². The van der Waals surface area contributed by atoms with E-state index >= 15 is 0 Å². The minimum Gasteiger partial charge on any atom is -0.516 e. The van der Waals surface area contributed by atoms with Crippen LogP contribution in [0.3, 0.4) is 0 Å². The van der Waals surface area contributed by atoms with Crippen LogP contribution in [-0.4, -0.2) is 56.4 Å². The van der Waals surface area contributed by atoms with E-state index in [2.05, 4.69) is 41.5 Å². The minimum atomic E-state index is -2.84. The van der Waals surface area contributed by atoms with Crippen molar-refractivity contribution in [2.75, 3.05) is 14.2 Å². The largest absolute Gasteiger partial charge is 0.516 e. The van der Waals surface area contributed by atoms with E-state index in [4.69, 9.17) is 18.3 Å². The van der Waals surface area contributed by atoms with Crippen molar-refractivity contribution in [3.63, 3.8) is 0 Å². The summed E-state index contributed by atoms with van der Waals surface area (Å²) in [6.45, 7) is 20.2. The molecule has 1 atom stereocenters. The predicted octanol–water partition coefficient (Wildman–Crippen LogP) is 5.82. The lowest BCUT2D eigenvalue weighted by atomic mass is 9.96. The van der Waals surface area contributed by atoms with E-state index in [0.29, 0.717) is 11.5 Å². The first-order valence-corrected chi connectivity index (χ1v) is 13.8. The molecule has 8 nitrogen and oxygen atoms in total. The fraction of sp³-hybridized carbons (Fsp3) is 0.692. The van der Waals surface area contributed by atoms with Gasteiger partial charge in [0.15, 0.2) is 11.5 Å². The SMILES string of the molecule is COc1c(C)cc(C[C@@H](C(=O)O)N(C)C(=O)OC(C)(C)C)c2c1O[Si](C(C)(C)C)(C(C)(C)C)OC2. The maximum atomic E-state index is 12.6. The summed E-state index contributed by atoms with van der Waals surface area (Å²) in [4.78, 5) is 26.0. The van der Waals surface area contributed by atoms with Gasteiger partial charge in [0.1, 0.15) is 11.6 Å². The number of rotatable bonds is 5. The van der Waals surface area contributed by atoms with Crippen molar-refractivity contribution in [1.29, 1.82) is 0 Å². The average molecular weight is 510 g/mol. The van der Waals surface area contributed by atoms with Gasteiger partial charge in [-0.25, -0.2) is 9.59 Å². The molecule has 1 aliphatic rings. The Hall–Kier alpha value is -2.26. The van der Waals surface area contributed by atoms with Gasteiger partial charge in [-0.05, 0) is 38.8 Å². The molecular formula is C26H43NO7Si. The van der Waals surface area contributed by atoms with Crippen molar-refractivity contribution in [2.24, 2.45) is 0 Å². The molecule has 0 saturated carbocycles. The van der Waals surface area contributed by atoms with Gasteiger partial charge in [-0.1, -0.05) is 47.6 Å². The molecule has 0 unspecified atom stereocenters. The number of carboxylic acids is 1. The molecular weight excluding hydrogens is 466 g/mol. The lowest BCUT2D eigenvalue weighted by Crippen LogP contribution is -2.61. The second kappa shape index (κ2) is 9.65. The summed E-state index contributed by atoms with van der Waals surface area (Å²) in [5.74, 6) is 0.130. The monoisotopic (exact) mass is 509 g/mol. The number of carbonyl (C=O) groups excluding carboxylic acids is 1. The maximum absolute atomic E-state index is 12.6. The van der Waals surface area contributed by atoms with Crippen LogP contribution in [0.5, 0.6) is 11.5 Å². The predicted molar refractivity (Wildman–Crippen MR) is 137 cm³/mol. The summed E-state index contributed by atoms with van der Waals surface area (Å²) in [7, 11) is 0.211. The lowest BCUT2D eigenvalue weighted by Gasteiger charge is -2.51. The van der Waals surface area contributed by atoms with Crippen LogP contribution in [0, 0.1) is 6.92 Å². The van der Waals surface area contributed by atoms with Crippen LogP contribution in [0.25, 0.3) is 0 Å². The number of aryl methyl sites for hydroxylation is 1. The van der Waals surface area contributed by atoms with Gasteiger partial charge in [-0.15, -0.1) is 0 Å².